The maximum absolute atomic E-state index is 13.4. The number of anilines is 1. The average molecular weight is 565 g/mol. The van der Waals surface area contributed by atoms with E-state index in [-0.39, 0.29) is 17.4 Å². The van der Waals surface area contributed by atoms with Gasteiger partial charge in [0.25, 0.3) is 21.8 Å². The number of benzene rings is 3. The zero-order valence-corrected chi connectivity index (χ0v) is 23.0. The summed E-state index contributed by atoms with van der Waals surface area (Å²) in [4.78, 5) is 26.8. The van der Waals surface area contributed by atoms with Crippen molar-refractivity contribution in [3.05, 3.63) is 84.4 Å². The maximum atomic E-state index is 13.4. The molecule has 1 aliphatic rings. The second kappa shape index (κ2) is 13.6. The lowest BCUT2D eigenvalue weighted by Crippen LogP contribution is -2.39. The molecule has 0 aliphatic carbocycles. The van der Waals surface area contributed by atoms with E-state index < -0.39 is 22.5 Å². The van der Waals surface area contributed by atoms with E-state index in [1.807, 2.05) is 4.90 Å². The normalized spacial score (nSPS) is 13.6. The van der Waals surface area contributed by atoms with Crippen LogP contribution in [0.1, 0.15) is 24.8 Å². The van der Waals surface area contributed by atoms with E-state index in [2.05, 4.69) is 10.5 Å². The van der Waals surface area contributed by atoms with E-state index in [0.717, 1.165) is 36.7 Å². The van der Waals surface area contributed by atoms with Gasteiger partial charge in [-0.25, -0.2) is 13.8 Å². The minimum atomic E-state index is -4.05. The Morgan fingerprint density at radius 3 is 2.23 bits per heavy atom. The fourth-order valence-electron chi connectivity index (χ4n) is 4.16. The summed E-state index contributed by atoms with van der Waals surface area (Å²) in [5.41, 5.74) is 3.41. The number of piperidine rings is 1. The Bertz CT molecular complexity index is 1410. The molecule has 0 atom stereocenters. The molecule has 0 spiro atoms. The monoisotopic (exact) mass is 564 g/mol. The van der Waals surface area contributed by atoms with E-state index in [1.165, 1.54) is 25.5 Å². The molecule has 3 aromatic rings. The molecule has 11 heteroatoms. The second-order valence-electron chi connectivity index (χ2n) is 9.12. The molecular formula is C29H32N4O6S. The second-order valence-corrected chi connectivity index (χ2v) is 11.0. The van der Waals surface area contributed by atoms with Crippen LogP contribution in [0.4, 0.5) is 5.69 Å². The van der Waals surface area contributed by atoms with Crippen LogP contribution in [0.25, 0.3) is 0 Å². The number of hydrogen-bond acceptors (Lipinski definition) is 7. The number of hydrogen-bond donors (Lipinski definition) is 1. The van der Waals surface area contributed by atoms with Crippen LogP contribution in [0.3, 0.4) is 0 Å². The topological polar surface area (TPSA) is 118 Å². The number of carbonyl (C=O) groups is 2. The van der Waals surface area contributed by atoms with E-state index in [1.54, 1.807) is 66.7 Å². The first-order valence-corrected chi connectivity index (χ1v) is 14.4. The number of carbonyl (C=O) groups excluding carboxylic acids is 2. The van der Waals surface area contributed by atoms with Crippen molar-refractivity contribution in [1.29, 1.82) is 0 Å². The minimum Gasteiger partial charge on any atom is -0.497 e. The van der Waals surface area contributed by atoms with Crippen LogP contribution in [0.15, 0.2) is 88.9 Å². The van der Waals surface area contributed by atoms with Gasteiger partial charge in [0.15, 0.2) is 6.61 Å². The molecule has 0 saturated carbocycles. The molecular weight excluding hydrogens is 532 g/mol. The third-order valence-corrected chi connectivity index (χ3v) is 8.12. The van der Waals surface area contributed by atoms with Crippen LogP contribution in [0.5, 0.6) is 11.5 Å². The van der Waals surface area contributed by atoms with Crippen molar-refractivity contribution in [2.75, 3.05) is 37.7 Å². The molecule has 0 bridgehead atoms. The van der Waals surface area contributed by atoms with Crippen molar-refractivity contribution in [3.63, 3.8) is 0 Å². The van der Waals surface area contributed by atoms with Crippen molar-refractivity contribution in [2.45, 2.75) is 24.2 Å². The number of hydrazone groups is 1. The van der Waals surface area contributed by atoms with Crippen molar-refractivity contribution >= 4 is 33.7 Å². The predicted octanol–water partition coefficient (Wildman–Crippen LogP) is 3.43. The standard InChI is InChI=1S/C29H32N4O6S/c1-38-25-14-16-27(17-15-25)40(36,37)33(24-8-4-2-5-9-24)21-28(34)31-30-20-23-10-12-26(13-11-23)39-22-29(35)32-18-6-3-7-19-32/h2,4-5,8-17,20H,3,6-7,18-19,21-22H2,1H3,(H,31,34)/b30-20-. The Hall–Kier alpha value is -4.38. The van der Waals surface area contributed by atoms with Gasteiger partial charge in [0.05, 0.1) is 23.9 Å². The molecule has 3 aromatic carbocycles. The fraction of sp³-hybridized carbons (Fsp3) is 0.276. The molecule has 0 radical (unpaired) electrons. The molecule has 4 rings (SSSR count). The lowest BCUT2D eigenvalue weighted by atomic mass is 10.1. The van der Waals surface area contributed by atoms with Crippen LogP contribution in [-0.2, 0) is 19.6 Å². The summed E-state index contributed by atoms with van der Waals surface area (Å²) in [7, 11) is -2.56. The highest BCUT2D eigenvalue weighted by Gasteiger charge is 2.27. The Kier molecular flexibility index (Phi) is 9.74. The van der Waals surface area contributed by atoms with Gasteiger partial charge in [-0.05, 0) is 85.5 Å². The first-order chi connectivity index (χ1) is 19.4. The van der Waals surface area contributed by atoms with Crippen LogP contribution in [0, 0.1) is 0 Å². The van der Waals surface area contributed by atoms with Crippen molar-refractivity contribution in [1.82, 2.24) is 10.3 Å². The summed E-state index contributed by atoms with van der Waals surface area (Å²) in [6, 6.07) is 21.2. The lowest BCUT2D eigenvalue weighted by molar-refractivity contribution is -0.134. The molecule has 210 valence electrons. The van der Waals surface area contributed by atoms with Crippen LogP contribution in [-0.4, -0.2) is 64.7 Å². The largest absolute Gasteiger partial charge is 0.497 e. The third-order valence-electron chi connectivity index (χ3n) is 6.33. The van der Waals surface area contributed by atoms with Gasteiger partial charge in [-0.3, -0.25) is 13.9 Å². The summed E-state index contributed by atoms with van der Waals surface area (Å²) in [6.45, 7) is 1.06. The number of ether oxygens (including phenoxy) is 2. The minimum absolute atomic E-state index is 0.0131. The number of rotatable bonds is 11. The highest BCUT2D eigenvalue weighted by Crippen LogP contribution is 2.25. The van der Waals surface area contributed by atoms with Gasteiger partial charge in [-0.15, -0.1) is 0 Å². The number of likely N-dealkylation sites (tertiary alicyclic amines) is 1. The average Bonchev–Trinajstić information content (AvgIpc) is 3.00. The lowest BCUT2D eigenvalue weighted by Gasteiger charge is -2.26. The van der Waals surface area contributed by atoms with Gasteiger partial charge in [0, 0.05) is 13.1 Å². The smallest absolute Gasteiger partial charge is 0.264 e. The first-order valence-electron chi connectivity index (χ1n) is 12.9. The molecule has 2 amide bonds. The maximum Gasteiger partial charge on any atom is 0.264 e. The Labute approximate surface area is 234 Å². The van der Waals surface area contributed by atoms with Crippen LogP contribution in [0.2, 0.25) is 0 Å². The zero-order valence-electron chi connectivity index (χ0n) is 22.2. The van der Waals surface area contributed by atoms with Crippen molar-refractivity contribution < 1.29 is 27.5 Å². The SMILES string of the molecule is COc1ccc(S(=O)(=O)N(CC(=O)N/N=C\c2ccc(OCC(=O)N3CCCCC3)cc2)c2ccccc2)cc1. The van der Waals surface area contributed by atoms with Gasteiger partial charge in [-0.1, -0.05) is 18.2 Å². The summed E-state index contributed by atoms with van der Waals surface area (Å²) in [5.74, 6) is 0.427. The number of nitrogens with zero attached hydrogens (tertiary/aromatic N) is 3. The summed E-state index contributed by atoms with van der Waals surface area (Å²) in [5, 5.41) is 3.97. The molecule has 10 nitrogen and oxygen atoms in total. The van der Waals surface area contributed by atoms with E-state index in [4.69, 9.17) is 9.47 Å². The van der Waals surface area contributed by atoms with Gasteiger partial charge in [-0.2, -0.15) is 5.10 Å². The van der Waals surface area contributed by atoms with Crippen molar-refractivity contribution in [2.24, 2.45) is 5.10 Å². The summed E-state index contributed by atoms with van der Waals surface area (Å²) >= 11 is 0. The molecule has 1 fully saturated rings. The quantitative estimate of drug-likeness (QED) is 0.282. The molecule has 0 unspecified atom stereocenters. The van der Waals surface area contributed by atoms with E-state index in [0.29, 0.717) is 22.7 Å². The predicted molar refractivity (Wildman–Crippen MR) is 152 cm³/mol. The number of sulfonamides is 1. The molecule has 0 aromatic heterocycles. The molecule has 1 aliphatic heterocycles. The Morgan fingerprint density at radius 1 is 0.925 bits per heavy atom. The van der Waals surface area contributed by atoms with E-state index >= 15 is 0 Å². The van der Waals surface area contributed by atoms with Gasteiger partial charge >= 0.3 is 0 Å². The Morgan fingerprint density at radius 2 is 1.57 bits per heavy atom. The molecule has 1 N–H and O–H groups in total. The zero-order chi connectivity index (χ0) is 28.4. The highest BCUT2D eigenvalue weighted by atomic mass is 32.2. The molecule has 40 heavy (non-hydrogen) atoms. The number of methoxy groups -OCH3 is 1. The van der Waals surface area contributed by atoms with Gasteiger partial charge in [0.2, 0.25) is 0 Å². The van der Waals surface area contributed by atoms with Crippen LogP contribution < -0.4 is 19.2 Å². The number of para-hydroxylation sites is 1. The summed E-state index contributed by atoms with van der Waals surface area (Å²) < 4.78 is 38.6. The third kappa shape index (κ3) is 7.60. The number of nitrogens with one attached hydrogen (secondary N) is 1. The van der Waals surface area contributed by atoms with E-state index in [9.17, 15) is 18.0 Å². The number of amides is 2. The van der Waals surface area contributed by atoms with Crippen LogP contribution >= 0.6 is 0 Å². The first kappa shape index (κ1) is 28.6. The Balaban J connectivity index is 1.35. The summed E-state index contributed by atoms with van der Waals surface area (Å²) in [6.07, 6.45) is 4.64. The van der Waals surface area contributed by atoms with Gasteiger partial charge < -0.3 is 14.4 Å². The van der Waals surface area contributed by atoms with Gasteiger partial charge in [0.1, 0.15) is 18.0 Å². The van der Waals surface area contributed by atoms with Crippen molar-refractivity contribution in [3.8, 4) is 11.5 Å². The highest BCUT2D eigenvalue weighted by molar-refractivity contribution is 7.92. The molecule has 1 saturated heterocycles. The fourth-order valence-corrected chi connectivity index (χ4v) is 5.58. The molecule has 1 heterocycles.